The summed E-state index contributed by atoms with van der Waals surface area (Å²) >= 11 is 0. The van der Waals surface area contributed by atoms with Crippen LogP contribution in [-0.2, 0) is 0 Å². The van der Waals surface area contributed by atoms with Gasteiger partial charge in [-0.25, -0.2) is 0 Å². The van der Waals surface area contributed by atoms with E-state index in [1.165, 1.54) is 6.07 Å². The van der Waals surface area contributed by atoms with E-state index in [1.54, 1.807) is 30.3 Å². The molecular weight excluding hydrogens is 247 g/mol. The van der Waals surface area contributed by atoms with Gasteiger partial charge in [-0.15, -0.1) is 0 Å². The molecular formula is C12H9KO4. The predicted octanol–water partition coefficient (Wildman–Crippen LogP) is -2.80. The van der Waals surface area contributed by atoms with Crippen molar-refractivity contribution in [1.29, 1.82) is 0 Å². The Morgan fingerprint density at radius 2 is 1.71 bits per heavy atom. The average molecular weight is 256 g/mol. The molecule has 0 bridgehead atoms. The zero-order valence-electron chi connectivity index (χ0n) is 9.27. The fraction of sp³-hybridized carbons (Fsp3) is 0. The molecule has 0 heterocycles. The van der Waals surface area contributed by atoms with Crippen LogP contribution in [0.3, 0.4) is 0 Å². The zero-order valence-corrected chi connectivity index (χ0v) is 12.4. The van der Waals surface area contributed by atoms with Gasteiger partial charge in [-0.2, -0.15) is 0 Å². The first kappa shape index (κ1) is 16.4. The Kier molecular flexibility index (Phi) is 6.77. The number of benzene rings is 2. The first-order chi connectivity index (χ1) is 7.24. The minimum atomic E-state index is -1.27. The van der Waals surface area contributed by atoms with Gasteiger partial charge in [-0.05, 0) is 5.39 Å². The molecule has 0 aliphatic carbocycles. The van der Waals surface area contributed by atoms with Gasteiger partial charge in [-0.3, -0.25) is 4.79 Å². The van der Waals surface area contributed by atoms with Crippen molar-refractivity contribution < 1.29 is 71.6 Å². The van der Waals surface area contributed by atoms with E-state index < -0.39 is 5.97 Å². The molecule has 4 nitrogen and oxygen atoms in total. The topological polar surface area (TPSA) is 88.7 Å². The largest absolute Gasteiger partial charge is 1.00 e. The Labute approximate surface area is 140 Å². The molecule has 0 saturated heterocycles. The summed E-state index contributed by atoms with van der Waals surface area (Å²) in [6, 6.07) is 9.88. The molecule has 0 atom stereocenters. The van der Waals surface area contributed by atoms with Gasteiger partial charge >= 0.3 is 51.4 Å². The van der Waals surface area contributed by atoms with E-state index in [4.69, 9.17) is 0 Å². The third kappa shape index (κ3) is 3.22. The van der Waals surface area contributed by atoms with Crippen LogP contribution in [0.4, 0.5) is 0 Å². The van der Waals surface area contributed by atoms with Crippen LogP contribution in [-0.4, -0.2) is 17.7 Å². The van der Waals surface area contributed by atoms with Crippen molar-refractivity contribution in [2.45, 2.75) is 0 Å². The van der Waals surface area contributed by atoms with Gasteiger partial charge in [-0.1, -0.05) is 36.4 Å². The maximum Gasteiger partial charge on any atom is 1.00 e. The second kappa shape index (κ2) is 7.00. The molecule has 17 heavy (non-hydrogen) atoms. The molecule has 0 radical (unpaired) electrons. The molecule has 2 rings (SSSR count). The van der Waals surface area contributed by atoms with Crippen LogP contribution in [0.2, 0.25) is 0 Å². The molecule has 2 N–H and O–H groups in total. The zero-order chi connectivity index (χ0) is 10.8. The fourth-order valence-corrected chi connectivity index (χ4v) is 1.64. The Morgan fingerprint density at radius 1 is 1.12 bits per heavy atom. The number of carbonyl (C=O) groups is 2. The van der Waals surface area contributed by atoms with Crippen LogP contribution in [0.25, 0.3) is 10.8 Å². The van der Waals surface area contributed by atoms with Gasteiger partial charge in [0.15, 0.2) is 6.29 Å². The summed E-state index contributed by atoms with van der Waals surface area (Å²) in [6.07, 6.45) is 0.648. The summed E-state index contributed by atoms with van der Waals surface area (Å²) in [6.45, 7) is 0. The van der Waals surface area contributed by atoms with Crippen molar-refractivity contribution in [1.82, 2.24) is 0 Å². The quantitative estimate of drug-likeness (QED) is 0.429. The second-order valence-corrected chi connectivity index (χ2v) is 3.16. The number of rotatable bonds is 2. The van der Waals surface area contributed by atoms with Gasteiger partial charge in [0.2, 0.25) is 0 Å². The van der Waals surface area contributed by atoms with Crippen molar-refractivity contribution in [3.8, 4) is 0 Å². The number of hydrogen-bond acceptors (Lipinski definition) is 3. The molecule has 0 amide bonds. The number of aldehydes is 1. The van der Waals surface area contributed by atoms with Gasteiger partial charge in [0, 0.05) is 16.5 Å². The second-order valence-electron chi connectivity index (χ2n) is 3.16. The molecule has 0 spiro atoms. The molecule has 0 aromatic heterocycles. The molecule has 82 valence electrons. The van der Waals surface area contributed by atoms with Crippen molar-refractivity contribution in [2.75, 3.05) is 0 Å². The maximum atomic E-state index is 10.9. The van der Waals surface area contributed by atoms with Gasteiger partial charge in [0.05, 0.1) is 5.97 Å². The SMILES string of the molecule is O.O=Cc1cccc2cccc(C(=O)[O-])c12.[K+]. The number of carbonyl (C=O) groups excluding carboxylic acids is 2. The van der Waals surface area contributed by atoms with Crippen molar-refractivity contribution in [3.63, 3.8) is 0 Å². The smallest absolute Gasteiger partial charge is 0.545 e. The number of aromatic carboxylic acids is 1. The number of carboxylic acids is 1. The summed E-state index contributed by atoms with van der Waals surface area (Å²) in [7, 11) is 0. The maximum absolute atomic E-state index is 10.9. The Bertz CT molecular complexity index is 546. The van der Waals surface area contributed by atoms with E-state index in [2.05, 4.69) is 0 Å². The molecule has 0 aliphatic rings. The first-order valence-electron chi connectivity index (χ1n) is 4.42. The third-order valence-electron chi connectivity index (χ3n) is 2.28. The monoisotopic (exact) mass is 256 g/mol. The Balaban J connectivity index is 0.00000128. The number of fused-ring (bicyclic) bond motifs is 1. The van der Waals surface area contributed by atoms with E-state index in [-0.39, 0.29) is 62.4 Å². The van der Waals surface area contributed by atoms with Crippen molar-refractivity contribution in [2.24, 2.45) is 0 Å². The summed E-state index contributed by atoms with van der Waals surface area (Å²) in [5.74, 6) is -1.27. The Hall–Kier alpha value is -0.564. The molecule has 2 aromatic carbocycles. The van der Waals surface area contributed by atoms with Crippen molar-refractivity contribution in [3.05, 3.63) is 47.5 Å². The average Bonchev–Trinajstić information content (AvgIpc) is 2.27. The minimum Gasteiger partial charge on any atom is -0.545 e. The van der Waals surface area contributed by atoms with Crippen molar-refractivity contribution >= 4 is 23.0 Å². The molecule has 5 heteroatoms. The molecule has 0 saturated carbocycles. The number of hydrogen-bond donors (Lipinski definition) is 0. The molecule has 2 aromatic rings. The van der Waals surface area contributed by atoms with Crippen LogP contribution < -0.4 is 56.5 Å². The van der Waals surface area contributed by atoms with Crippen LogP contribution in [0.5, 0.6) is 0 Å². The van der Waals surface area contributed by atoms with E-state index in [0.717, 1.165) is 5.39 Å². The van der Waals surface area contributed by atoms with Crippen LogP contribution in [0.1, 0.15) is 20.7 Å². The normalized spacial score (nSPS) is 8.94. The molecule has 0 unspecified atom stereocenters. The third-order valence-corrected chi connectivity index (χ3v) is 2.28. The summed E-state index contributed by atoms with van der Waals surface area (Å²) in [5.41, 5.74) is 0.419. The van der Waals surface area contributed by atoms with Crippen LogP contribution >= 0.6 is 0 Å². The summed E-state index contributed by atoms with van der Waals surface area (Å²) < 4.78 is 0. The van der Waals surface area contributed by atoms with E-state index >= 15 is 0 Å². The molecule has 0 fully saturated rings. The van der Waals surface area contributed by atoms with Gasteiger partial charge in [0.25, 0.3) is 0 Å². The summed E-state index contributed by atoms with van der Waals surface area (Å²) in [4.78, 5) is 21.6. The predicted molar refractivity (Wildman–Crippen MR) is 57.3 cm³/mol. The standard InChI is InChI=1S/C12H8O3.K.H2O/c13-7-9-5-1-3-8-4-2-6-10(11(8)9)12(14)15;;/h1-7H,(H,14,15);;1H2/q;+1;/p-1. The summed E-state index contributed by atoms with van der Waals surface area (Å²) in [5, 5.41) is 12.0. The van der Waals surface area contributed by atoms with E-state index in [9.17, 15) is 14.7 Å². The first-order valence-corrected chi connectivity index (χ1v) is 4.42. The fourth-order valence-electron chi connectivity index (χ4n) is 1.64. The Morgan fingerprint density at radius 3 is 2.24 bits per heavy atom. The minimum absolute atomic E-state index is 0. The van der Waals surface area contributed by atoms with Crippen LogP contribution in [0, 0.1) is 0 Å². The van der Waals surface area contributed by atoms with E-state index in [0.29, 0.717) is 17.2 Å². The van der Waals surface area contributed by atoms with Crippen LogP contribution in [0.15, 0.2) is 36.4 Å². The van der Waals surface area contributed by atoms with Gasteiger partial charge < -0.3 is 15.4 Å². The van der Waals surface area contributed by atoms with E-state index in [1.807, 2.05) is 0 Å². The number of carboxylic acid groups (broad SMARTS) is 1. The molecule has 0 aliphatic heterocycles. The van der Waals surface area contributed by atoms with Gasteiger partial charge in [0.1, 0.15) is 0 Å².